The fourth-order valence-corrected chi connectivity index (χ4v) is 0.792. The number of rotatable bonds is 5. The summed E-state index contributed by atoms with van der Waals surface area (Å²) >= 11 is 11.0. The first-order valence-corrected chi connectivity index (χ1v) is 4.67. The molecule has 3 N–H and O–H groups in total. The smallest absolute Gasteiger partial charge is 0.224 e. The number of nitrogens with two attached hydrogens (primary N) is 1. The maximum atomic E-state index is 10.9. The van der Waals surface area contributed by atoms with Crippen molar-refractivity contribution in [3.8, 4) is 0 Å². The molecule has 0 saturated heterocycles. The Morgan fingerprint density at radius 1 is 1.62 bits per heavy atom. The quantitative estimate of drug-likeness (QED) is 0.743. The van der Waals surface area contributed by atoms with Crippen molar-refractivity contribution in [2.24, 2.45) is 11.1 Å². The molecule has 0 spiro atoms. The largest absolute Gasteiger partial charge is 0.369 e. The van der Waals surface area contributed by atoms with Gasteiger partial charge in [-0.25, -0.2) is 0 Å². The molecular formula is C8H14Cl2N2O. The van der Waals surface area contributed by atoms with Gasteiger partial charge >= 0.3 is 0 Å². The second kappa shape index (κ2) is 5.47. The zero-order valence-electron chi connectivity index (χ0n) is 7.73. The standard InChI is InChI=1S/C8H14Cl2N2O/c1-8(2,7(11)13)5-12-4-6(10)3-9/h3,12H,4-5H2,1-2H3,(H2,11,13). The van der Waals surface area contributed by atoms with Gasteiger partial charge in [0.25, 0.3) is 0 Å². The lowest BCUT2D eigenvalue weighted by molar-refractivity contribution is -0.125. The Kier molecular flexibility index (Phi) is 5.37. The Labute approximate surface area is 88.3 Å². The molecule has 0 rings (SSSR count). The number of halogens is 2. The van der Waals surface area contributed by atoms with E-state index in [-0.39, 0.29) is 5.91 Å². The van der Waals surface area contributed by atoms with Crippen LogP contribution in [0.2, 0.25) is 0 Å². The molecule has 0 aliphatic heterocycles. The van der Waals surface area contributed by atoms with Gasteiger partial charge in [0.15, 0.2) is 0 Å². The summed E-state index contributed by atoms with van der Waals surface area (Å²) in [5, 5.41) is 3.47. The average molecular weight is 225 g/mol. The summed E-state index contributed by atoms with van der Waals surface area (Å²) < 4.78 is 0. The van der Waals surface area contributed by atoms with Crippen molar-refractivity contribution in [1.29, 1.82) is 0 Å². The third-order valence-corrected chi connectivity index (χ3v) is 2.26. The van der Waals surface area contributed by atoms with Crippen LogP contribution in [0.1, 0.15) is 13.8 Å². The molecule has 0 aromatic rings. The highest BCUT2D eigenvalue weighted by molar-refractivity contribution is 6.36. The van der Waals surface area contributed by atoms with E-state index in [9.17, 15) is 4.79 Å². The molecule has 0 heterocycles. The van der Waals surface area contributed by atoms with Gasteiger partial charge in [-0.2, -0.15) is 0 Å². The number of carbonyl (C=O) groups is 1. The first-order chi connectivity index (χ1) is 5.90. The molecule has 0 bridgehead atoms. The molecule has 0 aromatic heterocycles. The van der Waals surface area contributed by atoms with Crippen LogP contribution in [0.25, 0.3) is 0 Å². The molecule has 0 aromatic carbocycles. The maximum absolute atomic E-state index is 10.9. The molecular weight excluding hydrogens is 211 g/mol. The van der Waals surface area contributed by atoms with Crippen LogP contribution in [0.3, 0.4) is 0 Å². The van der Waals surface area contributed by atoms with Crippen LogP contribution < -0.4 is 11.1 Å². The lowest BCUT2D eigenvalue weighted by Gasteiger charge is -2.20. The summed E-state index contributed by atoms with van der Waals surface area (Å²) in [6, 6.07) is 0. The zero-order chi connectivity index (χ0) is 10.5. The minimum atomic E-state index is -0.566. The fraction of sp³-hybridized carbons (Fsp3) is 0.625. The minimum absolute atomic E-state index is 0.342. The lowest BCUT2D eigenvalue weighted by atomic mass is 9.93. The zero-order valence-corrected chi connectivity index (χ0v) is 9.24. The molecule has 3 nitrogen and oxygen atoms in total. The fourth-order valence-electron chi connectivity index (χ4n) is 0.620. The number of hydrogen-bond acceptors (Lipinski definition) is 2. The average Bonchev–Trinajstić information content (AvgIpc) is 2.03. The first kappa shape index (κ1) is 12.8. The summed E-state index contributed by atoms with van der Waals surface area (Å²) in [6.07, 6.45) is 0. The Hall–Kier alpha value is -0.250. The maximum Gasteiger partial charge on any atom is 0.224 e. The highest BCUT2D eigenvalue weighted by Gasteiger charge is 2.23. The van der Waals surface area contributed by atoms with Gasteiger partial charge in [-0.15, -0.1) is 0 Å². The van der Waals surface area contributed by atoms with Gasteiger partial charge in [0, 0.05) is 23.7 Å². The Morgan fingerprint density at radius 3 is 2.54 bits per heavy atom. The van der Waals surface area contributed by atoms with Gasteiger partial charge in [-0.1, -0.05) is 23.2 Å². The van der Waals surface area contributed by atoms with Crippen LogP contribution in [-0.2, 0) is 4.79 Å². The summed E-state index contributed by atoms with van der Waals surface area (Å²) in [7, 11) is 0. The second-order valence-corrected chi connectivity index (χ2v) is 4.11. The second-order valence-electron chi connectivity index (χ2n) is 3.41. The highest BCUT2D eigenvalue weighted by Crippen LogP contribution is 2.12. The van der Waals surface area contributed by atoms with E-state index < -0.39 is 5.41 Å². The van der Waals surface area contributed by atoms with Gasteiger partial charge in [0.2, 0.25) is 5.91 Å². The van der Waals surface area contributed by atoms with Crippen LogP contribution in [0.5, 0.6) is 0 Å². The third-order valence-electron chi connectivity index (χ3n) is 1.65. The minimum Gasteiger partial charge on any atom is -0.369 e. The predicted octanol–water partition coefficient (Wildman–Crippen LogP) is 1.41. The van der Waals surface area contributed by atoms with E-state index >= 15 is 0 Å². The predicted molar refractivity (Wildman–Crippen MR) is 55.6 cm³/mol. The van der Waals surface area contributed by atoms with E-state index in [1.165, 1.54) is 5.54 Å². The number of hydrogen-bond donors (Lipinski definition) is 2. The molecule has 0 unspecified atom stereocenters. The monoisotopic (exact) mass is 224 g/mol. The molecule has 5 heteroatoms. The SMILES string of the molecule is CC(C)(CNCC(Cl)=CCl)C(N)=O. The van der Waals surface area contributed by atoms with E-state index in [1.807, 2.05) is 0 Å². The summed E-state index contributed by atoms with van der Waals surface area (Å²) in [5.74, 6) is -0.342. The summed E-state index contributed by atoms with van der Waals surface area (Å²) in [6.45, 7) is 4.45. The van der Waals surface area contributed by atoms with Gasteiger partial charge in [-0.3, -0.25) is 4.79 Å². The van der Waals surface area contributed by atoms with Gasteiger partial charge < -0.3 is 11.1 Å². The summed E-state index contributed by atoms with van der Waals surface area (Å²) in [4.78, 5) is 10.9. The highest BCUT2D eigenvalue weighted by atomic mass is 35.5. The molecule has 0 fully saturated rings. The number of carbonyl (C=O) groups excluding carboxylic acids is 1. The third kappa shape index (κ3) is 5.13. The molecule has 13 heavy (non-hydrogen) atoms. The van der Waals surface area contributed by atoms with Crippen LogP contribution in [-0.4, -0.2) is 19.0 Å². The Balaban J connectivity index is 3.83. The Morgan fingerprint density at radius 2 is 2.15 bits per heavy atom. The number of primary amides is 1. The van der Waals surface area contributed by atoms with Crippen molar-refractivity contribution < 1.29 is 4.79 Å². The van der Waals surface area contributed by atoms with Crippen molar-refractivity contribution in [3.63, 3.8) is 0 Å². The molecule has 0 aliphatic rings. The van der Waals surface area contributed by atoms with Crippen molar-refractivity contribution in [2.45, 2.75) is 13.8 Å². The number of amides is 1. The molecule has 76 valence electrons. The van der Waals surface area contributed by atoms with Crippen LogP contribution in [0.4, 0.5) is 0 Å². The van der Waals surface area contributed by atoms with Crippen LogP contribution in [0, 0.1) is 5.41 Å². The van der Waals surface area contributed by atoms with Crippen LogP contribution in [0.15, 0.2) is 10.6 Å². The van der Waals surface area contributed by atoms with E-state index in [2.05, 4.69) is 5.32 Å². The van der Waals surface area contributed by atoms with Crippen LogP contribution >= 0.6 is 23.2 Å². The van der Waals surface area contributed by atoms with Crippen molar-refractivity contribution >= 4 is 29.1 Å². The van der Waals surface area contributed by atoms with E-state index in [1.54, 1.807) is 13.8 Å². The van der Waals surface area contributed by atoms with E-state index in [4.69, 9.17) is 28.9 Å². The van der Waals surface area contributed by atoms with E-state index in [0.717, 1.165) is 0 Å². The normalized spacial score (nSPS) is 13.1. The summed E-state index contributed by atoms with van der Waals surface area (Å²) in [5.41, 5.74) is 5.88. The van der Waals surface area contributed by atoms with E-state index in [0.29, 0.717) is 18.1 Å². The molecule has 0 aliphatic carbocycles. The topological polar surface area (TPSA) is 55.1 Å². The van der Waals surface area contributed by atoms with Gasteiger partial charge in [0.05, 0.1) is 5.41 Å². The number of nitrogens with one attached hydrogen (secondary N) is 1. The lowest BCUT2D eigenvalue weighted by Crippen LogP contribution is -2.40. The van der Waals surface area contributed by atoms with Crippen molar-refractivity contribution in [3.05, 3.63) is 10.6 Å². The van der Waals surface area contributed by atoms with Gasteiger partial charge in [0.1, 0.15) is 0 Å². The first-order valence-electron chi connectivity index (χ1n) is 3.85. The van der Waals surface area contributed by atoms with Crippen molar-refractivity contribution in [1.82, 2.24) is 5.32 Å². The van der Waals surface area contributed by atoms with Gasteiger partial charge in [-0.05, 0) is 13.8 Å². The molecule has 0 atom stereocenters. The molecule has 0 radical (unpaired) electrons. The van der Waals surface area contributed by atoms with Crippen molar-refractivity contribution in [2.75, 3.05) is 13.1 Å². The molecule has 0 saturated carbocycles. The Bertz CT molecular complexity index is 214. The molecule has 1 amide bonds.